The monoisotopic (exact) mass is 279 g/mol. The van der Waals surface area contributed by atoms with Crippen molar-refractivity contribution in [1.82, 2.24) is 9.99 Å². The Morgan fingerprint density at radius 2 is 1.85 bits per heavy atom. The predicted octanol–water partition coefficient (Wildman–Crippen LogP) is 2.87. The normalized spacial score (nSPS) is 23.1. The Balaban J connectivity index is 1.80. The fraction of sp³-hybridized carbons (Fsp3) is 0.667. The third kappa shape index (κ3) is 4.79. The Labute approximate surface area is 120 Å². The molecule has 1 aromatic heterocycles. The van der Waals surface area contributed by atoms with Gasteiger partial charge in [-0.25, -0.2) is 4.79 Å². The number of ether oxygens (including phenoxy) is 1. The van der Waals surface area contributed by atoms with Gasteiger partial charge >= 0.3 is 6.09 Å². The second-order valence-electron chi connectivity index (χ2n) is 6.43. The number of amides is 1. The second-order valence-corrected chi connectivity index (χ2v) is 6.43. The summed E-state index contributed by atoms with van der Waals surface area (Å²) >= 11 is 0. The lowest BCUT2D eigenvalue weighted by Gasteiger charge is -2.31. The highest BCUT2D eigenvalue weighted by Crippen LogP contribution is 2.20. The van der Waals surface area contributed by atoms with Gasteiger partial charge in [-0.3, -0.25) is 4.68 Å². The van der Waals surface area contributed by atoms with E-state index in [9.17, 15) is 4.79 Å². The molecule has 1 aliphatic carbocycles. The average Bonchev–Trinajstić information content (AvgIpc) is 2.79. The lowest BCUT2D eigenvalue weighted by molar-refractivity contribution is 0.0491. The molecule has 1 saturated carbocycles. The van der Waals surface area contributed by atoms with Crippen LogP contribution in [0.5, 0.6) is 0 Å². The Kier molecular flexibility index (Phi) is 4.57. The molecule has 2 atom stereocenters. The molecule has 1 amide bonds. The first-order valence-corrected chi connectivity index (χ1v) is 7.31. The molecule has 2 rings (SSSR count). The molecule has 1 fully saturated rings. The van der Waals surface area contributed by atoms with Crippen molar-refractivity contribution in [2.45, 2.75) is 64.1 Å². The van der Waals surface area contributed by atoms with Crippen LogP contribution in [0.25, 0.3) is 0 Å². The maximum atomic E-state index is 11.8. The topological polar surface area (TPSA) is 55.3 Å². The van der Waals surface area contributed by atoms with Crippen LogP contribution in [0.1, 0.15) is 46.5 Å². The standard InChI is InChI=1S/C15H25N3O2/c1-15(2,3)20-14(19)16-12-7-6-8-13(11-12)17-18-9-4-5-10-18/h4-5,9-10,12-13,17H,6-8,11H2,1-3H3,(H,16,19). The van der Waals surface area contributed by atoms with Gasteiger partial charge in [0.25, 0.3) is 0 Å². The van der Waals surface area contributed by atoms with Gasteiger partial charge in [-0.05, 0) is 58.6 Å². The summed E-state index contributed by atoms with van der Waals surface area (Å²) in [6.45, 7) is 5.64. The molecule has 0 aromatic carbocycles. The number of nitrogens with zero attached hydrogens (tertiary/aromatic N) is 1. The summed E-state index contributed by atoms with van der Waals surface area (Å²) in [6, 6.07) is 4.56. The van der Waals surface area contributed by atoms with Crippen molar-refractivity contribution in [3.05, 3.63) is 24.5 Å². The average molecular weight is 279 g/mol. The lowest BCUT2D eigenvalue weighted by atomic mass is 9.91. The van der Waals surface area contributed by atoms with Gasteiger partial charge in [0.2, 0.25) is 0 Å². The molecule has 1 aromatic rings. The van der Waals surface area contributed by atoms with Gasteiger partial charge in [-0.15, -0.1) is 0 Å². The molecule has 112 valence electrons. The van der Waals surface area contributed by atoms with E-state index in [-0.39, 0.29) is 12.1 Å². The Hall–Kier alpha value is -1.65. The maximum absolute atomic E-state index is 11.8. The molecule has 0 aliphatic heterocycles. The van der Waals surface area contributed by atoms with Crippen LogP contribution >= 0.6 is 0 Å². The molecule has 5 nitrogen and oxygen atoms in total. The van der Waals surface area contributed by atoms with Crippen LogP contribution in [0.4, 0.5) is 4.79 Å². The van der Waals surface area contributed by atoms with Crippen LogP contribution in [-0.4, -0.2) is 28.5 Å². The molecule has 2 unspecified atom stereocenters. The summed E-state index contributed by atoms with van der Waals surface area (Å²) in [7, 11) is 0. The third-order valence-corrected chi connectivity index (χ3v) is 3.33. The molecular formula is C15H25N3O2. The largest absolute Gasteiger partial charge is 0.444 e. The smallest absolute Gasteiger partial charge is 0.407 e. The van der Waals surface area contributed by atoms with Crippen molar-refractivity contribution in [2.75, 3.05) is 5.43 Å². The minimum absolute atomic E-state index is 0.187. The van der Waals surface area contributed by atoms with Gasteiger partial charge in [0, 0.05) is 24.5 Å². The highest BCUT2D eigenvalue weighted by atomic mass is 16.6. The number of nitrogens with one attached hydrogen (secondary N) is 2. The van der Waals surface area contributed by atoms with Crippen LogP contribution < -0.4 is 10.7 Å². The summed E-state index contributed by atoms with van der Waals surface area (Å²) in [5, 5.41) is 2.97. The first-order valence-electron chi connectivity index (χ1n) is 7.31. The van der Waals surface area contributed by atoms with E-state index in [2.05, 4.69) is 10.7 Å². The van der Waals surface area contributed by atoms with Crippen molar-refractivity contribution in [3.8, 4) is 0 Å². The number of hydrogen-bond donors (Lipinski definition) is 2. The summed E-state index contributed by atoms with van der Waals surface area (Å²) in [6.07, 6.45) is 7.85. The van der Waals surface area contributed by atoms with E-state index in [0.29, 0.717) is 6.04 Å². The quantitative estimate of drug-likeness (QED) is 0.894. The Morgan fingerprint density at radius 1 is 1.20 bits per heavy atom. The zero-order chi connectivity index (χ0) is 14.6. The van der Waals surface area contributed by atoms with Gasteiger partial charge in [0.15, 0.2) is 0 Å². The van der Waals surface area contributed by atoms with E-state index in [1.165, 1.54) is 0 Å². The predicted molar refractivity (Wildman–Crippen MR) is 79.2 cm³/mol. The maximum Gasteiger partial charge on any atom is 0.407 e. The van der Waals surface area contributed by atoms with Crippen LogP contribution in [0, 0.1) is 0 Å². The summed E-state index contributed by atoms with van der Waals surface area (Å²) in [4.78, 5) is 11.8. The minimum atomic E-state index is -0.443. The first kappa shape index (κ1) is 14.8. The van der Waals surface area contributed by atoms with Gasteiger partial charge in [-0.1, -0.05) is 0 Å². The molecule has 5 heteroatoms. The molecule has 20 heavy (non-hydrogen) atoms. The third-order valence-electron chi connectivity index (χ3n) is 3.33. The molecular weight excluding hydrogens is 254 g/mol. The van der Waals surface area contributed by atoms with E-state index < -0.39 is 5.60 Å². The Morgan fingerprint density at radius 3 is 2.50 bits per heavy atom. The van der Waals surface area contributed by atoms with Crippen LogP contribution in [0.15, 0.2) is 24.5 Å². The van der Waals surface area contributed by atoms with Crippen molar-refractivity contribution < 1.29 is 9.53 Å². The van der Waals surface area contributed by atoms with Gasteiger partial charge in [0.1, 0.15) is 5.60 Å². The zero-order valence-electron chi connectivity index (χ0n) is 12.6. The molecule has 1 aliphatic rings. The van der Waals surface area contributed by atoms with E-state index >= 15 is 0 Å². The number of carbonyl (C=O) groups excluding carboxylic acids is 1. The van der Waals surface area contributed by atoms with E-state index in [0.717, 1.165) is 25.7 Å². The molecule has 1 heterocycles. The summed E-state index contributed by atoms with van der Waals surface area (Å²) < 4.78 is 7.28. The minimum Gasteiger partial charge on any atom is -0.444 e. The van der Waals surface area contributed by atoms with Gasteiger partial charge < -0.3 is 15.5 Å². The highest BCUT2D eigenvalue weighted by Gasteiger charge is 2.25. The SMILES string of the molecule is CC(C)(C)OC(=O)NC1CCCC(Nn2cccc2)C1. The van der Waals surface area contributed by atoms with Crippen LogP contribution in [-0.2, 0) is 4.74 Å². The van der Waals surface area contributed by atoms with Crippen LogP contribution in [0.2, 0.25) is 0 Å². The number of aromatic nitrogens is 1. The van der Waals surface area contributed by atoms with Crippen molar-refractivity contribution in [3.63, 3.8) is 0 Å². The van der Waals surface area contributed by atoms with Gasteiger partial charge in [0.05, 0.1) is 0 Å². The lowest BCUT2D eigenvalue weighted by Crippen LogP contribution is -2.44. The van der Waals surface area contributed by atoms with E-state index in [1.807, 2.05) is 50.0 Å². The molecule has 0 radical (unpaired) electrons. The Bertz CT molecular complexity index is 423. The zero-order valence-corrected chi connectivity index (χ0v) is 12.6. The van der Waals surface area contributed by atoms with E-state index in [1.54, 1.807) is 0 Å². The van der Waals surface area contributed by atoms with Crippen molar-refractivity contribution in [1.29, 1.82) is 0 Å². The fourth-order valence-corrected chi connectivity index (χ4v) is 2.54. The molecule has 2 N–H and O–H groups in total. The number of hydrogen-bond acceptors (Lipinski definition) is 3. The first-order chi connectivity index (χ1) is 9.42. The van der Waals surface area contributed by atoms with Gasteiger partial charge in [-0.2, -0.15) is 0 Å². The number of carbonyl (C=O) groups is 1. The van der Waals surface area contributed by atoms with Crippen molar-refractivity contribution >= 4 is 6.09 Å². The second kappa shape index (κ2) is 6.20. The molecule has 0 bridgehead atoms. The summed E-state index contributed by atoms with van der Waals surface area (Å²) in [5.74, 6) is 0. The van der Waals surface area contributed by atoms with E-state index in [4.69, 9.17) is 4.74 Å². The molecule has 0 saturated heterocycles. The fourth-order valence-electron chi connectivity index (χ4n) is 2.54. The number of alkyl carbamates (subject to hydrolysis) is 1. The van der Waals surface area contributed by atoms with Crippen molar-refractivity contribution in [2.24, 2.45) is 0 Å². The summed E-state index contributed by atoms with van der Waals surface area (Å²) in [5.41, 5.74) is 2.99. The molecule has 0 spiro atoms. The van der Waals surface area contributed by atoms with Crippen LogP contribution in [0.3, 0.4) is 0 Å². The highest BCUT2D eigenvalue weighted by molar-refractivity contribution is 5.68. The number of rotatable bonds is 3.